The predicted molar refractivity (Wildman–Crippen MR) is 96.7 cm³/mol. The number of ether oxygens (including phenoxy) is 1. The van der Waals surface area contributed by atoms with Gasteiger partial charge in [0.25, 0.3) is 0 Å². The van der Waals surface area contributed by atoms with E-state index < -0.39 is 0 Å². The van der Waals surface area contributed by atoms with Crippen LogP contribution in [0.2, 0.25) is 0 Å². The van der Waals surface area contributed by atoms with Crippen LogP contribution < -0.4 is 0 Å². The molecule has 0 aliphatic carbocycles. The summed E-state index contributed by atoms with van der Waals surface area (Å²) in [7, 11) is 0. The van der Waals surface area contributed by atoms with Gasteiger partial charge in [0.05, 0.1) is 18.9 Å². The van der Waals surface area contributed by atoms with Crippen LogP contribution in [-0.2, 0) is 11.3 Å². The SMILES string of the molecule is O=Cc1ccc(-c2ccc(-c3nc(CN4CCOCC4)cs3)cc2)o1. The summed E-state index contributed by atoms with van der Waals surface area (Å²) in [5.74, 6) is 1.03. The topological polar surface area (TPSA) is 55.6 Å². The van der Waals surface area contributed by atoms with Crippen LogP contribution in [0.5, 0.6) is 0 Å². The molecule has 0 unspecified atom stereocenters. The molecule has 0 radical (unpaired) electrons. The number of carbonyl (C=O) groups excluding carboxylic acids is 1. The molecule has 0 N–H and O–H groups in total. The average molecular weight is 354 g/mol. The van der Waals surface area contributed by atoms with Gasteiger partial charge in [0, 0.05) is 36.1 Å². The summed E-state index contributed by atoms with van der Waals surface area (Å²) in [6, 6.07) is 11.5. The number of aldehydes is 1. The molecule has 0 bridgehead atoms. The number of hydrogen-bond donors (Lipinski definition) is 0. The van der Waals surface area contributed by atoms with Gasteiger partial charge in [-0.1, -0.05) is 24.3 Å². The summed E-state index contributed by atoms with van der Waals surface area (Å²) in [4.78, 5) is 17.9. The molecule has 6 heteroatoms. The van der Waals surface area contributed by atoms with Gasteiger partial charge in [-0.2, -0.15) is 0 Å². The third kappa shape index (κ3) is 3.71. The van der Waals surface area contributed by atoms with Crippen molar-refractivity contribution in [2.45, 2.75) is 6.54 Å². The molecule has 1 fully saturated rings. The Morgan fingerprint density at radius 2 is 1.84 bits per heavy atom. The Kier molecular flexibility index (Phi) is 4.74. The smallest absolute Gasteiger partial charge is 0.185 e. The monoisotopic (exact) mass is 354 g/mol. The summed E-state index contributed by atoms with van der Waals surface area (Å²) in [5.41, 5.74) is 3.14. The molecule has 0 amide bonds. The third-order valence-corrected chi connectivity index (χ3v) is 5.14. The Morgan fingerprint density at radius 3 is 2.56 bits per heavy atom. The molecule has 1 aliphatic rings. The number of thiazole rings is 1. The first-order chi connectivity index (χ1) is 12.3. The number of morpholine rings is 1. The van der Waals surface area contributed by atoms with E-state index in [0.717, 1.165) is 54.7 Å². The minimum Gasteiger partial charge on any atom is -0.453 e. The van der Waals surface area contributed by atoms with Crippen LogP contribution in [0.4, 0.5) is 0 Å². The summed E-state index contributed by atoms with van der Waals surface area (Å²) >= 11 is 1.66. The first kappa shape index (κ1) is 16.2. The molecule has 4 rings (SSSR count). The maximum Gasteiger partial charge on any atom is 0.185 e. The maximum absolute atomic E-state index is 10.7. The fraction of sp³-hybridized carbons (Fsp3) is 0.263. The standard InChI is InChI=1S/C19H18N2O3S/c22-12-17-5-6-18(24-17)14-1-3-15(4-2-14)19-20-16(13-25-19)11-21-7-9-23-10-8-21/h1-6,12-13H,7-11H2. The van der Waals surface area contributed by atoms with Crippen molar-refractivity contribution >= 4 is 17.6 Å². The zero-order valence-corrected chi connectivity index (χ0v) is 14.5. The van der Waals surface area contributed by atoms with Crippen molar-refractivity contribution < 1.29 is 13.9 Å². The van der Waals surface area contributed by atoms with E-state index in [2.05, 4.69) is 10.3 Å². The summed E-state index contributed by atoms with van der Waals surface area (Å²) in [6.07, 6.45) is 0.712. The highest BCUT2D eigenvalue weighted by Crippen LogP contribution is 2.28. The average Bonchev–Trinajstić information content (AvgIpc) is 3.32. The number of rotatable bonds is 5. The minimum absolute atomic E-state index is 0.340. The maximum atomic E-state index is 10.7. The second kappa shape index (κ2) is 7.31. The van der Waals surface area contributed by atoms with E-state index in [1.165, 1.54) is 0 Å². The molecule has 3 aromatic rings. The van der Waals surface area contributed by atoms with E-state index in [1.807, 2.05) is 30.3 Å². The lowest BCUT2D eigenvalue weighted by Gasteiger charge is -2.25. The van der Waals surface area contributed by atoms with E-state index in [4.69, 9.17) is 14.1 Å². The molecule has 0 atom stereocenters. The molecule has 5 nitrogen and oxygen atoms in total. The van der Waals surface area contributed by atoms with Crippen molar-refractivity contribution in [2.24, 2.45) is 0 Å². The largest absolute Gasteiger partial charge is 0.453 e. The van der Waals surface area contributed by atoms with Crippen LogP contribution >= 0.6 is 11.3 Å². The van der Waals surface area contributed by atoms with E-state index in [9.17, 15) is 4.79 Å². The van der Waals surface area contributed by atoms with E-state index in [0.29, 0.717) is 17.8 Å². The first-order valence-corrected chi connectivity index (χ1v) is 9.10. The van der Waals surface area contributed by atoms with Crippen LogP contribution in [0, 0.1) is 0 Å². The molecule has 1 saturated heterocycles. The highest BCUT2D eigenvalue weighted by molar-refractivity contribution is 7.13. The third-order valence-electron chi connectivity index (χ3n) is 4.20. The molecular weight excluding hydrogens is 336 g/mol. The van der Waals surface area contributed by atoms with E-state index >= 15 is 0 Å². The minimum atomic E-state index is 0.340. The Labute approximate surface area is 149 Å². The molecule has 1 aromatic carbocycles. The van der Waals surface area contributed by atoms with Crippen LogP contribution in [0.15, 0.2) is 46.2 Å². The Bertz CT molecular complexity index is 848. The second-order valence-electron chi connectivity index (χ2n) is 5.93. The van der Waals surface area contributed by atoms with E-state index in [-0.39, 0.29) is 0 Å². The Morgan fingerprint density at radius 1 is 1.08 bits per heavy atom. The van der Waals surface area contributed by atoms with Crippen LogP contribution in [0.25, 0.3) is 21.9 Å². The van der Waals surface area contributed by atoms with Crippen molar-refractivity contribution in [1.82, 2.24) is 9.88 Å². The van der Waals surface area contributed by atoms with Gasteiger partial charge in [-0.25, -0.2) is 4.98 Å². The second-order valence-corrected chi connectivity index (χ2v) is 6.79. The van der Waals surface area contributed by atoms with Crippen LogP contribution in [-0.4, -0.2) is 42.5 Å². The quantitative estimate of drug-likeness (QED) is 0.654. The molecule has 128 valence electrons. The van der Waals surface area contributed by atoms with Gasteiger partial charge in [-0.15, -0.1) is 11.3 Å². The zero-order valence-electron chi connectivity index (χ0n) is 13.7. The predicted octanol–water partition coefficient (Wildman–Crippen LogP) is 3.71. The first-order valence-electron chi connectivity index (χ1n) is 8.22. The summed E-state index contributed by atoms with van der Waals surface area (Å²) < 4.78 is 10.8. The van der Waals surface area contributed by atoms with Crippen molar-refractivity contribution in [3.05, 3.63) is 53.2 Å². The van der Waals surface area contributed by atoms with E-state index in [1.54, 1.807) is 17.4 Å². The number of aromatic nitrogens is 1. The van der Waals surface area contributed by atoms with Gasteiger partial charge < -0.3 is 9.15 Å². The van der Waals surface area contributed by atoms with Crippen molar-refractivity contribution in [2.75, 3.05) is 26.3 Å². The highest BCUT2D eigenvalue weighted by atomic mass is 32.1. The summed E-state index contributed by atoms with van der Waals surface area (Å²) in [6.45, 7) is 4.41. The van der Waals surface area contributed by atoms with Gasteiger partial charge >= 0.3 is 0 Å². The van der Waals surface area contributed by atoms with Crippen molar-refractivity contribution in [1.29, 1.82) is 0 Å². The van der Waals surface area contributed by atoms with Gasteiger partial charge in [0.1, 0.15) is 10.8 Å². The fourth-order valence-corrected chi connectivity index (χ4v) is 3.67. The molecule has 2 aromatic heterocycles. The van der Waals surface area contributed by atoms with Crippen molar-refractivity contribution in [3.8, 4) is 21.9 Å². The molecule has 3 heterocycles. The van der Waals surface area contributed by atoms with Gasteiger partial charge in [0.15, 0.2) is 12.0 Å². The number of furan rings is 1. The fourth-order valence-electron chi connectivity index (χ4n) is 2.85. The Hall–Kier alpha value is -2.28. The molecule has 25 heavy (non-hydrogen) atoms. The van der Waals surface area contributed by atoms with Gasteiger partial charge in [0.2, 0.25) is 0 Å². The zero-order chi connectivity index (χ0) is 17.1. The Balaban J connectivity index is 1.47. The lowest BCUT2D eigenvalue weighted by atomic mass is 10.1. The molecular formula is C19H18N2O3S. The lowest BCUT2D eigenvalue weighted by molar-refractivity contribution is 0.0337. The normalized spacial score (nSPS) is 15.4. The molecule has 1 aliphatic heterocycles. The van der Waals surface area contributed by atoms with Gasteiger partial charge in [-0.05, 0) is 12.1 Å². The summed E-state index contributed by atoms with van der Waals surface area (Å²) in [5, 5.41) is 3.14. The number of nitrogens with zero attached hydrogens (tertiary/aromatic N) is 2. The van der Waals surface area contributed by atoms with Gasteiger partial charge in [-0.3, -0.25) is 9.69 Å². The molecule has 0 spiro atoms. The number of benzene rings is 1. The van der Waals surface area contributed by atoms with Crippen LogP contribution in [0.1, 0.15) is 16.2 Å². The highest BCUT2D eigenvalue weighted by Gasteiger charge is 2.13. The number of carbonyl (C=O) groups is 1. The lowest BCUT2D eigenvalue weighted by Crippen LogP contribution is -2.35. The number of hydrogen-bond acceptors (Lipinski definition) is 6. The van der Waals surface area contributed by atoms with Crippen molar-refractivity contribution in [3.63, 3.8) is 0 Å². The van der Waals surface area contributed by atoms with Crippen LogP contribution in [0.3, 0.4) is 0 Å². The molecule has 0 saturated carbocycles.